The first-order chi connectivity index (χ1) is 11.3. The van der Waals surface area contributed by atoms with E-state index in [4.69, 9.17) is 10.5 Å². The molecule has 1 fully saturated rings. The number of ether oxygens (including phenoxy) is 1. The Bertz CT molecular complexity index is 627. The Morgan fingerprint density at radius 1 is 1.04 bits per heavy atom. The van der Waals surface area contributed by atoms with E-state index in [0.717, 1.165) is 37.3 Å². The van der Waals surface area contributed by atoms with E-state index in [0.29, 0.717) is 6.04 Å². The van der Waals surface area contributed by atoms with Gasteiger partial charge in [-0.05, 0) is 48.2 Å². The summed E-state index contributed by atoms with van der Waals surface area (Å²) in [5.74, 6) is 0.945. The zero-order valence-corrected chi connectivity index (χ0v) is 13.6. The molecule has 2 atom stereocenters. The van der Waals surface area contributed by atoms with Crippen molar-refractivity contribution in [2.45, 2.75) is 38.3 Å². The van der Waals surface area contributed by atoms with Gasteiger partial charge in [0.25, 0.3) is 0 Å². The Balaban J connectivity index is 1.60. The van der Waals surface area contributed by atoms with Crippen LogP contribution in [0.1, 0.15) is 49.4 Å². The smallest absolute Gasteiger partial charge is 0.119 e. The number of hydrazine groups is 1. The highest BCUT2D eigenvalue weighted by Gasteiger charge is 2.26. The number of anilines is 1. The molecular formula is C19H25N3O. The molecule has 0 radical (unpaired) electrons. The van der Waals surface area contributed by atoms with Crippen LogP contribution in [0.15, 0.2) is 48.5 Å². The Hall–Kier alpha value is -2.04. The molecule has 0 saturated carbocycles. The first kappa shape index (κ1) is 15.8. The first-order valence-corrected chi connectivity index (χ1v) is 8.35. The molecule has 2 aromatic rings. The number of nitrogens with one attached hydrogen (secondary N) is 2. The van der Waals surface area contributed by atoms with Crippen molar-refractivity contribution in [3.63, 3.8) is 0 Å². The molecule has 1 aliphatic heterocycles. The SMILES string of the molecule is CCCCOc1ccc(C2CC(c3cccc(N)c3)NN2)cc1. The van der Waals surface area contributed by atoms with Crippen LogP contribution in [0.25, 0.3) is 0 Å². The van der Waals surface area contributed by atoms with Crippen LogP contribution in [0.4, 0.5) is 5.69 Å². The molecule has 122 valence electrons. The summed E-state index contributed by atoms with van der Waals surface area (Å²) in [4.78, 5) is 0. The van der Waals surface area contributed by atoms with E-state index >= 15 is 0 Å². The fourth-order valence-electron chi connectivity index (χ4n) is 2.90. The maximum atomic E-state index is 5.88. The molecule has 0 bridgehead atoms. The van der Waals surface area contributed by atoms with Crippen molar-refractivity contribution in [1.29, 1.82) is 0 Å². The van der Waals surface area contributed by atoms with E-state index in [1.54, 1.807) is 0 Å². The van der Waals surface area contributed by atoms with Crippen molar-refractivity contribution in [3.8, 4) is 5.75 Å². The van der Waals surface area contributed by atoms with Crippen LogP contribution in [0.5, 0.6) is 5.75 Å². The quantitative estimate of drug-likeness (QED) is 0.562. The number of hydrogen-bond acceptors (Lipinski definition) is 4. The van der Waals surface area contributed by atoms with Gasteiger partial charge in [-0.2, -0.15) is 0 Å². The first-order valence-electron chi connectivity index (χ1n) is 8.35. The molecule has 4 nitrogen and oxygen atoms in total. The molecule has 1 aliphatic rings. The molecule has 0 amide bonds. The van der Waals surface area contributed by atoms with Gasteiger partial charge in [-0.3, -0.25) is 0 Å². The van der Waals surface area contributed by atoms with Crippen molar-refractivity contribution < 1.29 is 4.74 Å². The molecule has 0 aromatic heterocycles. The topological polar surface area (TPSA) is 59.3 Å². The minimum Gasteiger partial charge on any atom is -0.494 e. The van der Waals surface area contributed by atoms with E-state index in [-0.39, 0.29) is 6.04 Å². The highest BCUT2D eigenvalue weighted by molar-refractivity contribution is 5.42. The average Bonchev–Trinajstić information content (AvgIpc) is 3.06. The third kappa shape index (κ3) is 4.03. The molecule has 23 heavy (non-hydrogen) atoms. The summed E-state index contributed by atoms with van der Waals surface area (Å²) in [6.45, 7) is 2.96. The van der Waals surface area contributed by atoms with Crippen LogP contribution in [-0.4, -0.2) is 6.61 Å². The molecule has 3 rings (SSSR count). The van der Waals surface area contributed by atoms with Gasteiger partial charge in [0.05, 0.1) is 6.61 Å². The van der Waals surface area contributed by atoms with Gasteiger partial charge in [0.1, 0.15) is 5.75 Å². The van der Waals surface area contributed by atoms with Gasteiger partial charge in [0, 0.05) is 17.8 Å². The summed E-state index contributed by atoms with van der Waals surface area (Å²) in [6, 6.07) is 17.0. The van der Waals surface area contributed by atoms with Gasteiger partial charge in [-0.25, -0.2) is 10.9 Å². The summed E-state index contributed by atoms with van der Waals surface area (Å²) < 4.78 is 5.72. The molecule has 0 aliphatic carbocycles. The van der Waals surface area contributed by atoms with Crippen LogP contribution in [0.2, 0.25) is 0 Å². The second kappa shape index (κ2) is 7.49. The molecule has 1 heterocycles. The van der Waals surface area contributed by atoms with E-state index in [1.165, 1.54) is 11.1 Å². The van der Waals surface area contributed by atoms with Crippen LogP contribution in [0.3, 0.4) is 0 Å². The highest BCUT2D eigenvalue weighted by Crippen LogP contribution is 2.32. The fraction of sp³-hybridized carbons (Fsp3) is 0.368. The third-order valence-electron chi connectivity index (χ3n) is 4.27. The summed E-state index contributed by atoms with van der Waals surface area (Å²) >= 11 is 0. The largest absolute Gasteiger partial charge is 0.494 e. The lowest BCUT2D eigenvalue weighted by molar-refractivity contribution is 0.309. The van der Waals surface area contributed by atoms with Crippen LogP contribution in [0, 0.1) is 0 Å². The van der Waals surface area contributed by atoms with E-state index in [1.807, 2.05) is 18.2 Å². The third-order valence-corrected chi connectivity index (χ3v) is 4.27. The van der Waals surface area contributed by atoms with Crippen LogP contribution < -0.4 is 21.3 Å². The van der Waals surface area contributed by atoms with Gasteiger partial charge in [0.15, 0.2) is 0 Å². The Morgan fingerprint density at radius 3 is 2.48 bits per heavy atom. The van der Waals surface area contributed by atoms with E-state index in [9.17, 15) is 0 Å². The van der Waals surface area contributed by atoms with Crippen molar-refractivity contribution in [1.82, 2.24) is 10.9 Å². The maximum Gasteiger partial charge on any atom is 0.119 e. The van der Waals surface area contributed by atoms with Gasteiger partial charge < -0.3 is 10.5 Å². The molecule has 0 spiro atoms. The predicted octanol–water partition coefficient (Wildman–Crippen LogP) is 3.73. The molecule has 4 N–H and O–H groups in total. The van der Waals surface area contributed by atoms with Gasteiger partial charge in [0.2, 0.25) is 0 Å². The van der Waals surface area contributed by atoms with Crippen molar-refractivity contribution in [2.75, 3.05) is 12.3 Å². The van der Waals surface area contributed by atoms with E-state index < -0.39 is 0 Å². The lowest BCUT2D eigenvalue weighted by Gasteiger charge is -2.12. The zero-order chi connectivity index (χ0) is 16.1. The number of rotatable bonds is 6. The summed E-state index contributed by atoms with van der Waals surface area (Å²) in [7, 11) is 0. The summed E-state index contributed by atoms with van der Waals surface area (Å²) in [5.41, 5.74) is 15.9. The maximum absolute atomic E-state index is 5.88. The number of nitrogens with two attached hydrogens (primary N) is 1. The minimum absolute atomic E-state index is 0.281. The van der Waals surface area contributed by atoms with Gasteiger partial charge in [-0.1, -0.05) is 37.6 Å². The van der Waals surface area contributed by atoms with Crippen LogP contribution in [-0.2, 0) is 0 Å². The standard InChI is InChI=1S/C19H25N3O/c1-2-3-11-23-17-9-7-14(8-10-17)18-13-19(22-21-18)15-5-4-6-16(20)12-15/h4-10,12,18-19,21-22H,2-3,11,13,20H2,1H3. The van der Waals surface area contributed by atoms with Gasteiger partial charge >= 0.3 is 0 Å². The van der Waals surface area contributed by atoms with Crippen molar-refractivity contribution in [3.05, 3.63) is 59.7 Å². The Kier molecular flexibility index (Phi) is 5.16. The van der Waals surface area contributed by atoms with Crippen molar-refractivity contribution in [2.24, 2.45) is 0 Å². The lowest BCUT2D eigenvalue weighted by atomic mass is 9.97. The second-order valence-electron chi connectivity index (χ2n) is 6.07. The monoisotopic (exact) mass is 311 g/mol. The second-order valence-corrected chi connectivity index (χ2v) is 6.07. The Morgan fingerprint density at radius 2 is 1.78 bits per heavy atom. The fourth-order valence-corrected chi connectivity index (χ4v) is 2.90. The highest BCUT2D eigenvalue weighted by atomic mass is 16.5. The summed E-state index contributed by atoms with van der Waals surface area (Å²) in [6.07, 6.45) is 3.25. The molecule has 1 saturated heterocycles. The van der Waals surface area contributed by atoms with Gasteiger partial charge in [-0.15, -0.1) is 0 Å². The van der Waals surface area contributed by atoms with E-state index in [2.05, 4.69) is 48.1 Å². The normalized spacial score (nSPS) is 20.6. The molecule has 4 heteroatoms. The molecule has 2 unspecified atom stereocenters. The number of unbranched alkanes of at least 4 members (excludes halogenated alkanes) is 1. The average molecular weight is 311 g/mol. The summed E-state index contributed by atoms with van der Waals surface area (Å²) in [5, 5.41) is 0. The number of hydrogen-bond donors (Lipinski definition) is 3. The number of benzene rings is 2. The minimum atomic E-state index is 0.281. The zero-order valence-electron chi connectivity index (χ0n) is 13.6. The Labute approximate surface area is 138 Å². The van der Waals surface area contributed by atoms with Crippen molar-refractivity contribution >= 4 is 5.69 Å². The molecule has 2 aromatic carbocycles. The lowest BCUT2D eigenvalue weighted by Crippen LogP contribution is -2.26. The van der Waals surface area contributed by atoms with Crippen LogP contribution >= 0.6 is 0 Å². The number of nitrogen functional groups attached to an aromatic ring is 1. The molecular weight excluding hydrogens is 286 g/mol. The predicted molar refractivity (Wildman–Crippen MR) is 94.1 cm³/mol.